The van der Waals surface area contributed by atoms with Crippen molar-refractivity contribution in [3.63, 3.8) is 0 Å². The van der Waals surface area contributed by atoms with Crippen LogP contribution in [0.3, 0.4) is 0 Å². The summed E-state index contributed by atoms with van der Waals surface area (Å²) in [6.07, 6.45) is 9.81. The van der Waals surface area contributed by atoms with Gasteiger partial charge in [0.2, 0.25) is 11.8 Å². The lowest BCUT2D eigenvalue weighted by molar-refractivity contribution is -0.386. The van der Waals surface area contributed by atoms with Crippen molar-refractivity contribution in [3.05, 3.63) is 12.2 Å². The average molecular weight is 1220 g/mol. The average Bonchev–Trinajstić information content (AvgIpc) is 1.28. The van der Waals surface area contributed by atoms with Crippen LogP contribution in [0.4, 0.5) is 0 Å². The van der Waals surface area contributed by atoms with Crippen LogP contribution >= 0.6 is 0 Å². The number of rotatable bonds is 48. The molecule has 14 N–H and O–H groups in total. The SMILES string of the molecule is CCCCCC/C=C\CCCC(=O)NC(COC1OC(CO)C(OC2OC(CO)C(O)C(OC3(C(=O)O)CC(O)C(NC(C)=O)C(C(O)C(O)CO)O3)C2O)C(O)C1O)C(O)CCCCCCCCCCCCCCCCCCCCCCCC. The van der Waals surface area contributed by atoms with Gasteiger partial charge >= 0.3 is 5.97 Å². The highest BCUT2D eigenvalue weighted by atomic mass is 16.8. The molecule has 23 nitrogen and oxygen atoms in total. The van der Waals surface area contributed by atoms with Gasteiger partial charge in [-0.25, -0.2) is 4.79 Å². The standard InChI is InChI=1S/C62H114N2O21/c1-4-6-8-10-12-14-15-16-17-18-19-20-21-22-23-24-25-26-28-29-31-33-35-44(69)43(64-49(72)36-34-32-30-27-13-11-9-7-5-2)41-80-59-54(76)53(75)56(48(40-67)82-59)83-60-55(77)58(52(74)47(39-66)81-60)85-62(61(78)79)37-45(70)50(63-42(3)68)57(84-62)51(73)46(71)38-65/h27,30,43-48,50-60,65-67,69-71,73-77H,4-26,28-29,31-41H2,1-3H3,(H,63,68)(H,64,72)(H,78,79)/b30-27-. The number of carbonyl (C=O) groups is 3. The number of aliphatic hydroxyl groups excluding tert-OH is 11. The van der Waals surface area contributed by atoms with Crippen molar-refractivity contribution < 1.29 is 104 Å². The van der Waals surface area contributed by atoms with Gasteiger partial charge in [-0.05, 0) is 32.1 Å². The fourth-order valence-electron chi connectivity index (χ4n) is 11.5. The quantitative estimate of drug-likeness (QED) is 0.0298. The molecule has 0 spiro atoms. The van der Waals surface area contributed by atoms with E-state index in [2.05, 4.69) is 36.6 Å². The van der Waals surface area contributed by atoms with Gasteiger partial charge < -0.3 is 100 Å². The van der Waals surface area contributed by atoms with Gasteiger partial charge in [0, 0.05) is 19.8 Å². The largest absolute Gasteiger partial charge is 0.477 e. The highest BCUT2D eigenvalue weighted by Crippen LogP contribution is 2.38. The van der Waals surface area contributed by atoms with E-state index in [0.29, 0.717) is 25.7 Å². The predicted octanol–water partition coefficient (Wildman–Crippen LogP) is 4.34. The van der Waals surface area contributed by atoms with Crippen LogP contribution < -0.4 is 10.6 Å². The van der Waals surface area contributed by atoms with Gasteiger partial charge in [-0.15, -0.1) is 0 Å². The van der Waals surface area contributed by atoms with E-state index in [1.54, 1.807) is 0 Å². The molecule has 3 saturated heterocycles. The van der Waals surface area contributed by atoms with E-state index in [1.165, 1.54) is 122 Å². The summed E-state index contributed by atoms with van der Waals surface area (Å²) in [6, 6.07) is -2.54. The van der Waals surface area contributed by atoms with Crippen molar-refractivity contribution in [1.29, 1.82) is 0 Å². The molecule has 0 aromatic carbocycles. The van der Waals surface area contributed by atoms with Crippen LogP contribution in [0.1, 0.15) is 226 Å². The monoisotopic (exact) mass is 1220 g/mol. The Hall–Kier alpha value is -2.53. The van der Waals surface area contributed by atoms with Gasteiger partial charge in [0.15, 0.2) is 12.6 Å². The molecule has 3 heterocycles. The number of allylic oxidation sites excluding steroid dienone is 2. The molecule has 0 aromatic rings. The zero-order valence-electron chi connectivity index (χ0n) is 51.5. The molecular weight excluding hydrogens is 1110 g/mol. The van der Waals surface area contributed by atoms with E-state index < -0.39 is 148 Å². The van der Waals surface area contributed by atoms with Crippen LogP contribution in [0.2, 0.25) is 0 Å². The van der Waals surface area contributed by atoms with Gasteiger partial charge in [-0.3, -0.25) is 9.59 Å². The summed E-state index contributed by atoms with van der Waals surface area (Å²) in [5.41, 5.74) is 0. The maximum Gasteiger partial charge on any atom is 0.364 e. The molecule has 85 heavy (non-hydrogen) atoms. The van der Waals surface area contributed by atoms with Crippen LogP contribution in [0.15, 0.2) is 12.2 Å². The summed E-state index contributed by atoms with van der Waals surface area (Å²) in [6.45, 7) is 2.13. The second kappa shape index (κ2) is 44.0. The van der Waals surface area contributed by atoms with Gasteiger partial charge in [0.1, 0.15) is 67.1 Å². The lowest BCUT2D eigenvalue weighted by atomic mass is 9.88. The van der Waals surface area contributed by atoms with E-state index in [1.807, 2.05) is 0 Å². The van der Waals surface area contributed by atoms with Crippen molar-refractivity contribution >= 4 is 17.8 Å². The topological polar surface area (TPSA) is 373 Å². The Kier molecular flexibility index (Phi) is 39.7. The summed E-state index contributed by atoms with van der Waals surface area (Å²) in [5.74, 6) is -6.14. The maximum atomic E-state index is 13.3. The first kappa shape index (κ1) is 76.7. The molecule has 18 unspecified atom stereocenters. The normalized spacial score (nSPS) is 29.6. The fraction of sp³-hybridized carbons (Fsp3) is 0.919. The van der Waals surface area contributed by atoms with E-state index in [4.69, 9.17) is 28.4 Å². The number of hydrogen-bond donors (Lipinski definition) is 14. The Labute approximate surface area is 505 Å². The van der Waals surface area contributed by atoms with Crippen LogP contribution in [-0.4, -0.2) is 215 Å². The number of nitrogens with one attached hydrogen (secondary N) is 2. The van der Waals surface area contributed by atoms with Crippen molar-refractivity contribution in [3.8, 4) is 0 Å². The minimum atomic E-state index is -3.08. The molecule has 3 rings (SSSR count). The molecule has 2 amide bonds. The molecule has 3 aliphatic heterocycles. The van der Waals surface area contributed by atoms with E-state index in [-0.39, 0.29) is 18.9 Å². The third-order valence-corrected chi connectivity index (χ3v) is 16.7. The molecule has 3 aliphatic rings. The summed E-state index contributed by atoms with van der Waals surface area (Å²) >= 11 is 0. The Morgan fingerprint density at radius 1 is 0.600 bits per heavy atom. The Balaban J connectivity index is 1.59. The minimum absolute atomic E-state index is 0.175. The summed E-state index contributed by atoms with van der Waals surface area (Å²) < 4.78 is 34.7. The highest BCUT2D eigenvalue weighted by molar-refractivity contribution is 5.77. The second-order valence-electron chi connectivity index (χ2n) is 24.0. The minimum Gasteiger partial charge on any atom is -0.477 e. The maximum absolute atomic E-state index is 13.3. The summed E-state index contributed by atoms with van der Waals surface area (Å²) in [7, 11) is 0. The number of carbonyl (C=O) groups excluding carboxylic acids is 2. The lowest BCUT2D eigenvalue weighted by Crippen LogP contribution is -2.70. The first-order chi connectivity index (χ1) is 40.9. The highest BCUT2D eigenvalue weighted by Gasteiger charge is 2.60. The van der Waals surface area contributed by atoms with Crippen LogP contribution in [0.25, 0.3) is 0 Å². The molecule has 0 radical (unpaired) electrons. The van der Waals surface area contributed by atoms with Crippen molar-refractivity contribution in [2.24, 2.45) is 0 Å². The van der Waals surface area contributed by atoms with E-state index in [9.17, 15) is 75.7 Å². The Morgan fingerprint density at radius 3 is 1.59 bits per heavy atom. The third kappa shape index (κ3) is 27.6. The number of carboxylic acid groups (broad SMARTS) is 1. The van der Waals surface area contributed by atoms with E-state index >= 15 is 0 Å². The Bertz CT molecular complexity index is 1790. The molecule has 0 aliphatic carbocycles. The molecule has 0 bridgehead atoms. The second-order valence-corrected chi connectivity index (χ2v) is 24.0. The van der Waals surface area contributed by atoms with Crippen LogP contribution in [0, 0.1) is 0 Å². The zero-order chi connectivity index (χ0) is 62.6. The number of hydrogen-bond acceptors (Lipinski definition) is 20. The predicted molar refractivity (Wildman–Crippen MR) is 315 cm³/mol. The smallest absolute Gasteiger partial charge is 0.364 e. The number of ether oxygens (including phenoxy) is 6. The first-order valence-electron chi connectivity index (χ1n) is 32.5. The van der Waals surface area contributed by atoms with Gasteiger partial charge in [-0.2, -0.15) is 0 Å². The fourth-order valence-corrected chi connectivity index (χ4v) is 11.5. The number of aliphatic carboxylic acids is 1. The molecule has 0 saturated carbocycles. The summed E-state index contributed by atoms with van der Waals surface area (Å²) in [4.78, 5) is 38.3. The molecular formula is C62H114N2O21. The van der Waals surface area contributed by atoms with Crippen LogP contribution in [0.5, 0.6) is 0 Å². The number of aliphatic hydroxyl groups is 11. The van der Waals surface area contributed by atoms with Gasteiger partial charge in [-0.1, -0.05) is 187 Å². The van der Waals surface area contributed by atoms with Gasteiger partial charge in [0.25, 0.3) is 5.79 Å². The van der Waals surface area contributed by atoms with Crippen molar-refractivity contribution in [2.45, 2.75) is 336 Å². The molecule has 18 atom stereocenters. The van der Waals surface area contributed by atoms with E-state index in [0.717, 1.165) is 51.9 Å². The van der Waals surface area contributed by atoms with Gasteiger partial charge in [0.05, 0.1) is 50.7 Å². The molecule has 3 fully saturated rings. The molecule has 498 valence electrons. The zero-order valence-corrected chi connectivity index (χ0v) is 51.5. The first-order valence-corrected chi connectivity index (χ1v) is 32.5. The molecule has 23 heteroatoms. The van der Waals surface area contributed by atoms with Crippen molar-refractivity contribution in [1.82, 2.24) is 10.6 Å². The lowest BCUT2D eigenvalue weighted by Gasteiger charge is -2.50. The third-order valence-electron chi connectivity index (χ3n) is 16.7. The number of carboxylic acids is 1. The number of amides is 2. The number of unbranched alkanes of at least 4 members (excludes halogenated alkanes) is 26. The Morgan fingerprint density at radius 2 is 1.09 bits per heavy atom. The van der Waals surface area contributed by atoms with Crippen LogP contribution in [-0.2, 0) is 42.8 Å². The van der Waals surface area contributed by atoms with Crippen molar-refractivity contribution in [2.75, 3.05) is 26.4 Å². The summed E-state index contributed by atoms with van der Waals surface area (Å²) in [5, 5.41) is 136. The molecule has 0 aromatic heterocycles.